The van der Waals surface area contributed by atoms with E-state index >= 15 is 0 Å². The minimum Gasteiger partial charge on any atom is -0.355 e. The normalized spacial score (nSPS) is 22.0. The number of carbonyl (C=O) groups is 1. The Labute approximate surface area is 152 Å². The van der Waals surface area contributed by atoms with Gasteiger partial charge >= 0.3 is 0 Å². The third-order valence-corrected chi connectivity index (χ3v) is 4.17. The van der Waals surface area contributed by atoms with Gasteiger partial charge in [-0.15, -0.1) is 24.0 Å². The summed E-state index contributed by atoms with van der Waals surface area (Å²) in [6.07, 6.45) is 6.40. The number of amides is 1. The van der Waals surface area contributed by atoms with Crippen LogP contribution < -0.4 is 16.0 Å². The monoisotopic (exact) mass is 424 g/mol. The highest BCUT2D eigenvalue weighted by atomic mass is 127. The van der Waals surface area contributed by atoms with Crippen LogP contribution in [-0.4, -0.2) is 38.0 Å². The van der Waals surface area contributed by atoms with Gasteiger partial charge in [-0.25, -0.2) is 0 Å². The van der Waals surface area contributed by atoms with Crippen molar-refractivity contribution in [1.29, 1.82) is 0 Å². The Balaban J connectivity index is 0.00000441. The lowest BCUT2D eigenvalue weighted by molar-refractivity contribution is -0.123. The van der Waals surface area contributed by atoms with Gasteiger partial charge in [0.15, 0.2) is 5.96 Å². The highest BCUT2D eigenvalue weighted by Crippen LogP contribution is 2.26. The van der Waals surface area contributed by atoms with Crippen LogP contribution in [0, 0.1) is 11.8 Å². The Kier molecular flexibility index (Phi) is 11.7. The van der Waals surface area contributed by atoms with E-state index in [9.17, 15) is 4.79 Å². The molecule has 2 atom stereocenters. The molecule has 0 bridgehead atoms. The van der Waals surface area contributed by atoms with Crippen molar-refractivity contribution in [3.8, 4) is 0 Å². The van der Waals surface area contributed by atoms with Gasteiger partial charge in [-0.1, -0.05) is 40.0 Å². The van der Waals surface area contributed by atoms with Crippen LogP contribution in [0.3, 0.4) is 0 Å². The molecule has 2 unspecified atom stereocenters. The highest BCUT2D eigenvalue weighted by molar-refractivity contribution is 14.0. The van der Waals surface area contributed by atoms with Gasteiger partial charge in [0.1, 0.15) is 0 Å². The molecule has 1 rings (SSSR count). The molecule has 0 radical (unpaired) electrons. The SMILES string of the molecule is CCC1CCCC(NC(=NC)NCCNC(=O)C(C)C)C1.I. The predicted octanol–water partition coefficient (Wildman–Crippen LogP) is 2.51. The van der Waals surface area contributed by atoms with E-state index in [-0.39, 0.29) is 35.8 Å². The molecule has 1 aliphatic rings. The zero-order valence-corrected chi connectivity index (χ0v) is 16.8. The molecule has 5 nitrogen and oxygen atoms in total. The molecule has 0 saturated heterocycles. The van der Waals surface area contributed by atoms with E-state index in [0.29, 0.717) is 19.1 Å². The van der Waals surface area contributed by atoms with Gasteiger partial charge in [0.05, 0.1) is 0 Å². The number of guanidine groups is 1. The molecule has 0 spiro atoms. The smallest absolute Gasteiger partial charge is 0.222 e. The topological polar surface area (TPSA) is 65.5 Å². The van der Waals surface area contributed by atoms with Crippen molar-refractivity contribution in [2.75, 3.05) is 20.1 Å². The first kappa shape index (κ1) is 21.5. The van der Waals surface area contributed by atoms with E-state index in [1.807, 2.05) is 13.8 Å². The van der Waals surface area contributed by atoms with Crippen molar-refractivity contribution in [3.63, 3.8) is 0 Å². The minimum absolute atomic E-state index is 0. The molecule has 0 aromatic carbocycles. The standard InChI is InChI=1S/C16H32N4O.HI/c1-5-13-7-6-8-14(11-13)20-16(17-4)19-10-9-18-15(21)12(2)3;/h12-14H,5-11H2,1-4H3,(H,18,21)(H2,17,19,20);1H. The van der Waals surface area contributed by atoms with Crippen LogP contribution in [-0.2, 0) is 4.79 Å². The third-order valence-electron chi connectivity index (χ3n) is 4.17. The van der Waals surface area contributed by atoms with Crippen molar-refractivity contribution in [1.82, 2.24) is 16.0 Å². The molecule has 22 heavy (non-hydrogen) atoms. The van der Waals surface area contributed by atoms with Crippen molar-refractivity contribution < 1.29 is 4.79 Å². The molecule has 6 heteroatoms. The van der Waals surface area contributed by atoms with Crippen LogP contribution in [0.1, 0.15) is 52.9 Å². The lowest BCUT2D eigenvalue weighted by atomic mass is 9.84. The van der Waals surface area contributed by atoms with Crippen LogP contribution in [0.25, 0.3) is 0 Å². The first-order chi connectivity index (χ1) is 10.1. The van der Waals surface area contributed by atoms with Crippen LogP contribution in [0.5, 0.6) is 0 Å². The number of carbonyl (C=O) groups excluding carboxylic acids is 1. The van der Waals surface area contributed by atoms with Crippen molar-refractivity contribution in [3.05, 3.63) is 0 Å². The number of nitrogens with zero attached hydrogens (tertiary/aromatic N) is 1. The van der Waals surface area contributed by atoms with Crippen molar-refractivity contribution in [2.24, 2.45) is 16.8 Å². The van der Waals surface area contributed by atoms with E-state index in [0.717, 1.165) is 11.9 Å². The Morgan fingerprint density at radius 3 is 2.50 bits per heavy atom. The summed E-state index contributed by atoms with van der Waals surface area (Å²) in [7, 11) is 1.79. The quantitative estimate of drug-likeness (QED) is 0.266. The molecule has 0 aromatic heterocycles. The van der Waals surface area contributed by atoms with Crippen LogP contribution in [0.15, 0.2) is 4.99 Å². The average molecular weight is 424 g/mol. The maximum Gasteiger partial charge on any atom is 0.222 e. The minimum atomic E-state index is 0. The largest absolute Gasteiger partial charge is 0.355 e. The predicted molar refractivity (Wildman–Crippen MR) is 104 cm³/mol. The Bertz CT molecular complexity index is 347. The summed E-state index contributed by atoms with van der Waals surface area (Å²) < 4.78 is 0. The first-order valence-corrected chi connectivity index (χ1v) is 8.31. The van der Waals surface area contributed by atoms with Gasteiger partial charge in [0.2, 0.25) is 5.91 Å². The molecule has 0 aromatic rings. The molecule has 1 saturated carbocycles. The maximum absolute atomic E-state index is 11.5. The van der Waals surface area contributed by atoms with Crippen LogP contribution >= 0.6 is 24.0 Å². The second kappa shape index (κ2) is 12.0. The summed E-state index contributed by atoms with van der Waals surface area (Å²) in [5.74, 6) is 1.82. The molecule has 1 fully saturated rings. The summed E-state index contributed by atoms with van der Waals surface area (Å²) in [5, 5.41) is 9.67. The lowest BCUT2D eigenvalue weighted by Gasteiger charge is -2.30. The Morgan fingerprint density at radius 2 is 1.91 bits per heavy atom. The summed E-state index contributed by atoms with van der Waals surface area (Å²) in [6, 6.07) is 0.528. The Morgan fingerprint density at radius 1 is 1.23 bits per heavy atom. The molecule has 1 aliphatic carbocycles. The van der Waals surface area contributed by atoms with Gasteiger partial charge in [-0.05, 0) is 18.8 Å². The zero-order valence-electron chi connectivity index (χ0n) is 14.4. The molecule has 130 valence electrons. The lowest BCUT2D eigenvalue weighted by Crippen LogP contribution is -2.47. The van der Waals surface area contributed by atoms with Crippen molar-refractivity contribution in [2.45, 2.75) is 58.9 Å². The van der Waals surface area contributed by atoms with E-state index < -0.39 is 0 Å². The molecule has 1 amide bonds. The third kappa shape index (κ3) is 8.19. The summed E-state index contributed by atoms with van der Waals surface area (Å²) in [5.41, 5.74) is 0. The second-order valence-electron chi connectivity index (χ2n) is 6.23. The van der Waals surface area contributed by atoms with Gasteiger partial charge < -0.3 is 16.0 Å². The number of hydrogen-bond acceptors (Lipinski definition) is 2. The highest BCUT2D eigenvalue weighted by Gasteiger charge is 2.21. The number of nitrogens with one attached hydrogen (secondary N) is 3. The number of aliphatic imine (C=N–C) groups is 1. The van der Waals surface area contributed by atoms with Gasteiger partial charge in [0.25, 0.3) is 0 Å². The Hall–Kier alpha value is -0.530. The molecule has 0 aliphatic heterocycles. The zero-order chi connectivity index (χ0) is 15.7. The summed E-state index contributed by atoms with van der Waals surface area (Å²) >= 11 is 0. The number of hydrogen-bond donors (Lipinski definition) is 3. The van der Waals surface area contributed by atoms with Crippen LogP contribution in [0.4, 0.5) is 0 Å². The van der Waals surface area contributed by atoms with Gasteiger partial charge in [-0.2, -0.15) is 0 Å². The average Bonchev–Trinajstić information content (AvgIpc) is 2.50. The first-order valence-electron chi connectivity index (χ1n) is 8.31. The molecular formula is C16H33IN4O. The number of rotatable bonds is 6. The summed E-state index contributed by atoms with van der Waals surface area (Å²) in [4.78, 5) is 15.7. The van der Waals surface area contributed by atoms with Gasteiger partial charge in [-0.3, -0.25) is 9.79 Å². The van der Waals surface area contributed by atoms with E-state index in [1.165, 1.54) is 32.1 Å². The molecule has 0 heterocycles. The maximum atomic E-state index is 11.5. The fourth-order valence-corrected chi connectivity index (χ4v) is 2.75. The fraction of sp³-hybridized carbons (Fsp3) is 0.875. The van der Waals surface area contributed by atoms with E-state index in [4.69, 9.17) is 0 Å². The van der Waals surface area contributed by atoms with E-state index in [1.54, 1.807) is 7.05 Å². The van der Waals surface area contributed by atoms with Gasteiger partial charge in [0, 0.05) is 32.1 Å². The molecule has 3 N–H and O–H groups in total. The second-order valence-corrected chi connectivity index (χ2v) is 6.23. The summed E-state index contributed by atoms with van der Waals surface area (Å²) in [6.45, 7) is 7.40. The van der Waals surface area contributed by atoms with E-state index in [2.05, 4.69) is 27.9 Å². The van der Waals surface area contributed by atoms with Crippen LogP contribution in [0.2, 0.25) is 0 Å². The fourth-order valence-electron chi connectivity index (χ4n) is 2.75. The number of halogens is 1. The van der Waals surface area contributed by atoms with Crippen molar-refractivity contribution >= 4 is 35.8 Å². The molecular weight excluding hydrogens is 391 g/mol.